The molecule has 0 amide bonds. The Labute approximate surface area is 135 Å². The molecule has 126 valence electrons. The second-order valence-electron chi connectivity index (χ2n) is 6.74. The molecule has 0 aromatic heterocycles. The third-order valence-electron chi connectivity index (χ3n) is 4.57. The fraction of sp³-hybridized carbons (Fsp3) is 0.684. The molecule has 0 saturated heterocycles. The van der Waals surface area contributed by atoms with Crippen LogP contribution in [-0.4, -0.2) is 21.5 Å². The van der Waals surface area contributed by atoms with E-state index < -0.39 is 11.3 Å². The van der Waals surface area contributed by atoms with E-state index in [-0.39, 0.29) is 6.42 Å². The van der Waals surface area contributed by atoms with Crippen molar-refractivity contribution in [3.63, 3.8) is 0 Å². The van der Waals surface area contributed by atoms with E-state index in [2.05, 4.69) is 6.92 Å². The highest BCUT2D eigenvalue weighted by Gasteiger charge is 2.41. The second-order valence-corrected chi connectivity index (χ2v) is 6.74. The highest BCUT2D eigenvalue weighted by atomic mass is 16.5. The summed E-state index contributed by atoms with van der Waals surface area (Å²) in [6, 6.07) is 9.88. The van der Waals surface area contributed by atoms with Gasteiger partial charge < -0.3 is 15.9 Å². The molecule has 0 spiro atoms. The molecule has 0 aliphatic heterocycles. The van der Waals surface area contributed by atoms with Crippen LogP contribution in [0.5, 0.6) is 0 Å². The van der Waals surface area contributed by atoms with Gasteiger partial charge in [-0.3, -0.25) is 0 Å². The lowest BCUT2D eigenvalue weighted by atomic mass is 9.83. The summed E-state index contributed by atoms with van der Waals surface area (Å²) in [5, 5.41) is 20.7. The number of unbranched alkanes of at least 4 members (excludes halogenated alkanes) is 5. The van der Waals surface area contributed by atoms with Gasteiger partial charge in [0.15, 0.2) is 5.79 Å². The van der Waals surface area contributed by atoms with Crippen LogP contribution in [0.3, 0.4) is 0 Å². The van der Waals surface area contributed by atoms with Crippen LogP contribution >= 0.6 is 0 Å². The lowest BCUT2D eigenvalue weighted by molar-refractivity contribution is -0.211. The van der Waals surface area contributed by atoms with Crippen LogP contribution < -0.4 is 5.73 Å². The Morgan fingerprint density at radius 3 is 2.14 bits per heavy atom. The molecule has 0 aliphatic rings. The molecule has 1 rings (SSSR count). The van der Waals surface area contributed by atoms with Crippen LogP contribution in [0.4, 0.5) is 0 Å². The van der Waals surface area contributed by atoms with Crippen molar-refractivity contribution in [2.45, 2.75) is 83.0 Å². The van der Waals surface area contributed by atoms with Gasteiger partial charge in [-0.05, 0) is 25.3 Å². The van der Waals surface area contributed by atoms with Gasteiger partial charge >= 0.3 is 0 Å². The first-order chi connectivity index (χ1) is 10.4. The van der Waals surface area contributed by atoms with Gasteiger partial charge in [0.1, 0.15) is 0 Å². The summed E-state index contributed by atoms with van der Waals surface area (Å²) in [7, 11) is 0. The monoisotopic (exact) mass is 307 g/mol. The Morgan fingerprint density at radius 2 is 1.50 bits per heavy atom. The minimum absolute atomic E-state index is 0.264. The molecule has 0 radical (unpaired) electrons. The van der Waals surface area contributed by atoms with E-state index in [0.717, 1.165) is 18.4 Å². The quantitative estimate of drug-likeness (QED) is 0.430. The van der Waals surface area contributed by atoms with Gasteiger partial charge in [-0.15, -0.1) is 0 Å². The average Bonchev–Trinajstić information content (AvgIpc) is 2.49. The largest absolute Gasteiger partial charge is 0.364 e. The summed E-state index contributed by atoms with van der Waals surface area (Å²) in [5.41, 5.74) is 6.34. The maximum absolute atomic E-state index is 10.4. The molecule has 0 heterocycles. The molecular weight excluding hydrogens is 274 g/mol. The first-order valence-corrected chi connectivity index (χ1v) is 8.66. The van der Waals surface area contributed by atoms with Gasteiger partial charge in [0.2, 0.25) is 0 Å². The molecule has 3 nitrogen and oxygen atoms in total. The van der Waals surface area contributed by atoms with Crippen molar-refractivity contribution in [2.75, 3.05) is 0 Å². The van der Waals surface area contributed by atoms with E-state index in [1.54, 1.807) is 6.92 Å². The number of rotatable bonds is 11. The maximum atomic E-state index is 10.4. The van der Waals surface area contributed by atoms with Crippen molar-refractivity contribution in [1.82, 2.24) is 0 Å². The minimum atomic E-state index is -1.83. The summed E-state index contributed by atoms with van der Waals surface area (Å²) >= 11 is 0. The van der Waals surface area contributed by atoms with Gasteiger partial charge in [-0.25, -0.2) is 0 Å². The Balaban J connectivity index is 2.37. The van der Waals surface area contributed by atoms with Crippen molar-refractivity contribution < 1.29 is 10.2 Å². The smallest absolute Gasteiger partial charge is 0.181 e. The van der Waals surface area contributed by atoms with E-state index in [4.69, 9.17) is 5.73 Å². The zero-order chi connectivity index (χ0) is 16.5. The van der Waals surface area contributed by atoms with E-state index >= 15 is 0 Å². The molecule has 22 heavy (non-hydrogen) atoms. The zero-order valence-electron chi connectivity index (χ0n) is 14.2. The molecule has 4 N–H and O–H groups in total. The Hall–Kier alpha value is -0.900. The van der Waals surface area contributed by atoms with E-state index in [1.807, 2.05) is 30.3 Å². The van der Waals surface area contributed by atoms with Crippen LogP contribution in [0.15, 0.2) is 30.3 Å². The summed E-state index contributed by atoms with van der Waals surface area (Å²) in [6.45, 7) is 3.96. The van der Waals surface area contributed by atoms with Gasteiger partial charge in [0.25, 0.3) is 0 Å². The number of nitrogens with two attached hydrogens (primary N) is 1. The SMILES string of the molecule is CCCCCCCCC(C)(N)C(O)(O)CCc1ccccc1. The standard InChI is InChI=1S/C19H33NO2/c1-3-4-5-6-7-11-15-18(2,20)19(21,22)16-14-17-12-9-8-10-13-17/h8-10,12-13,21-22H,3-7,11,14-16,20H2,1-2H3. The molecule has 0 fully saturated rings. The zero-order valence-corrected chi connectivity index (χ0v) is 14.2. The predicted octanol–water partition coefficient (Wildman–Crippen LogP) is 3.77. The number of benzene rings is 1. The van der Waals surface area contributed by atoms with Gasteiger partial charge in [0, 0.05) is 6.42 Å². The fourth-order valence-corrected chi connectivity index (χ4v) is 2.72. The van der Waals surface area contributed by atoms with Crippen LogP contribution in [0.25, 0.3) is 0 Å². The van der Waals surface area contributed by atoms with Crippen LogP contribution in [0.2, 0.25) is 0 Å². The lowest BCUT2D eigenvalue weighted by Gasteiger charge is -2.38. The third kappa shape index (κ3) is 6.47. The Bertz CT molecular complexity index is 401. The molecule has 1 unspecified atom stereocenters. The fourth-order valence-electron chi connectivity index (χ4n) is 2.72. The molecule has 0 bridgehead atoms. The number of aliphatic hydroxyl groups is 2. The number of hydrogen-bond donors (Lipinski definition) is 3. The molecule has 0 saturated carbocycles. The molecule has 0 aliphatic carbocycles. The molecule has 1 aromatic rings. The van der Waals surface area contributed by atoms with Crippen LogP contribution in [-0.2, 0) is 6.42 Å². The van der Waals surface area contributed by atoms with Crippen molar-refractivity contribution in [2.24, 2.45) is 5.73 Å². The second kappa shape index (κ2) is 9.29. The van der Waals surface area contributed by atoms with Crippen LogP contribution in [0, 0.1) is 0 Å². The lowest BCUT2D eigenvalue weighted by Crippen LogP contribution is -2.58. The van der Waals surface area contributed by atoms with E-state index in [0.29, 0.717) is 12.8 Å². The number of hydrogen-bond acceptors (Lipinski definition) is 3. The Kier molecular flexibility index (Phi) is 8.08. The Morgan fingerprint density at radius 1 is 0.909 bits per heavy atom. The summed E-state index contributed by atoms with van der Waals surface area (Å²) in [5.74, 6) is -1.83. The predicted molar refractivity (Wildman–Crippen MR) is 92.5 cm³/mol. The average molecular weight is 307 g/mol. The highest BCUT2D eigenvalue weighted by molar-refractivity contribution is 5.15. The van der Waals surface area contributed by atoms with Crippen LogP contribution in [0.1, 0.15) is 70.8 Å². The molecular formula is C19H33NO2. The summed E-state index contributed by atoms with van der Waals surface area (Å²) < 4.78 is 0. The maximum Gasteiger partial charge on any atom is 0.181 e. The number of aryl methyl sites for hydroxylation is 1. The molecule has 1 aromatic carbocycles. The van der Waals surface area contributed by atoms with Crippen molar-refractivity contribution in [3.8, 4) is 0 Å². The van der Waals surface area contributed by atoms with Crippen molar-refractivity contribution in [3.05, 3.63) is 35.9 Å². The summed E-state index contributed by atoms with van der Waals surface area (Å²) in [4.78, 5) is 0. The normalized spacial score (nSPS) is 14.8. The highest BCUT2D eigenvalue weighted by Crippen LogP contribution is 2.28. The van der Waals surface area contributed by atoms with Gasteiger partial charge in [-0.1, -0.05) is 75.8 Å². The van der Waals surface area contributed by atoms with E-state index in [9.17, 15) is 10.2 Å². The van der Waals surface area contributed by atoms with Gasteiger partial charge in [0.05, 0.1) is 5.54 Å². The topological polar surface area (TPSA) is 66.5 Å². The van der Waals surface area contributed by atoms with Crippen molar-refractivity contribution >= 4 is 0 Å². The summed E-state index contributed by atoms with van der Waals surface area (Å²) in [6.07, 6.45) is 8.57. The molecule has 1 atom stereocenters. The molecule has 3 heteroatoms. The first kappa shape index (κ1) is 19.1. The van der Waals surface area contributed by atoms with E-state index in [1.165, 1.54) is 25.7 Å². The first-order valence-electron chi connectivity index (χ1n) is 8.66. The third-order valence-corrected chi connectivity index (χ3v) is 4.57. The minimum Gasteiger partial charge on any atom is -0.364 e. The van der Waals surface area contributed by atoms with Gasteiger partial charge in [-0.2, -0.15) is 0 Å². The van der Waals surface area contributed by atoms with Crippen molar-refractivity contribution in [1.29, 1.82) is 0 Å².